The molecule has 9 heteroatoms. The first-order valence-corrected chi connectivity index (χ1v) is 23.7. The van der Waals surface area contributed by atoms with Crippen LogP contribution in [0.5, 0.6) is 0 Å². The molecule has 9 heavy (non-hydrogen) atoms. The first-order valence-electron chi connectivity index (χ1n) is 1.33. The Balaban J connectivity index is 11.7. The minimum atomic E-state index is -6.60. The van der Waals surface area contributed by atoms with Crippen LogP contribution in [-0.4, -0.2) is 0 Å². The van der Waals surface area contributed by atoms with Gasteiger partial charge in [0.2, 0.25) is 0 Å². The molecule has 0 saturated heterocycles. The van der Waals surface area contributed by atoms with E-state index in [1.807, 2.05) is 0 Å². The Kier molecular flexibility index (Phi) is 1.28. The van der Waals surface area contributed by atoms with Crippen molar-refractivity contribution in [2.24, 2.45) is 0 Å². The number of hydrogen-bond donors (Lipinski definition) is 0. The minimum absolute atomic E-state index is 4.52. The van der Waals surface area contributed by atoms with E-state index in [0.29, 0.717) is 0 Å². The monoisotopic (exact) mass is 354 g/mol. The summed E-state index contributed by atoms with van der Waals surface area (Å²) in [6.07, 6.45) is 0. The Morgan fingerprint density at radius 2 is 0.444 bits per heavy atom. The van der Waals surface area contributed by atoms with Crippen LogP contribution in [0.15, 0.2) is 0 Å². The summed E-state index contributed by atoms with van der Waals surface area (Å²) in [4.78, 5) is 0. The van der Waals surface area contributed by atoms with Crippen molar-refractivity contribution in [1.29, 1.82) is 0 Å². The molecule has 0 rings (SSSR count). The van der Waals surface area contributed by atoms with Crippen LogP contribution in [0.2, 0.25) is 0 Å². The van der Waals surface area contributed by atoms with Crippen LogP contribution in [0.3, 0.4) is 0 Å². The van der Waals surface area contributed by atoms with Crippen molar-refractivity contribution in [3.63, 3.8) is 0 Å². The van der Waals surface area contributed by atoms with Gasteiger partial charge in [-0.3, -0.25) is 0 Å². The van der Waals surface area contributed by atoms with Crippen molar-refractivity contribution in [3.8, 4) is 0 Å². The van der Waals surface area contributed by atoms with Crippen LogP contribution in [0, 0.1) is 0 Å². The van der Waals surface area contributed by atoms with Crippen molar-refractivity contribution >= 4 is 78.6 Å². The molecular weight excluding hydrogens is 352 g/mol. The van der Waals surface area contributed by atoms with Crippen LogP contribution < -0.4 is 0 Å². The molecule has 0 aromatic carbocycles. The zero-order chi connectivity index (χ0) is 8.35. The van der Waals surface area contributed by atoms with E-state index < -0.39 is -3.50 Å². The number of rotatable bonds is 0. The summed E-state index contributed by atoms with van der Waals surface area (Å²) in [5, 5.41) is 0. The van der Waals surface area contributed by atoms with E-state index in [1.54, 1.807) is 0 Å². The summed E-state index contributed by atoms with van der Waals surface area (Å²) in [6.45, 7) is 0. The van der Waals surface area contributed by atoms with Gasteiger partial charge in [-0.15, -0.1) is 0 Å². The van der Waals surface area contributed by atoms with E-state index in [2.05, 4.69) is 78.6 Å². The van der Waals surface area contributed by atoms with Crippen molar-refractivity contribution in [2.45, 2.75) is 0 Å². The Morgan fingerprint density at radius 3 is 0.444 bits per heavy atom. The van der Waals surface area contributed by atoms with Crippen LogP contribution >= 0.6 is 78.6 Å². The summed E-state index contributed by atoms with van der Waals surface area (Å²) in [7, 11) is 36.2. The first-order chi connectivity index (χ1) is 2.83. The summed E-state index contributed by atoms with van der Waals surface area (Å²) in [6, 6.07) is 0. The maximum atomic E-state index is 4.52. The van der Waals surface area contributed by atoms with Gasteiger partial charge in [0, 0.05) is 0 Å². The van der Waals surface area contributed by atoms with Gasteiger partial charge in [-0.05, 0) is 0 Å². The fraction of sp³-hybridized carbons (Fsp3) is 0. The molecule has 0 heterocycles. The Labute approximate surface area is 73.3 Å². The van der Waals surface area contributed by atoms with Gasteiger partial charge in [-0.1, -0.05) is 0 Å². The SMILES string of the molecule is [S]=[Mo](=[S])(=[S])(=[S])(=[S])(=[S])(=[S])=[S]. The molecule has 0 radical (unpaired) electrons. The summed E-state index contributed by atoms with van der Waals surface area (Å²) in [5.41, 5.74) is 0. The summed E-state index contributed by atoms with van der Waals surface area (Å²) < 4.78 is -6.60. The predicted octanol–water partition coefficient (Wildman–Crippen LogP) is 5.18. The van der Waals surface area contributed by atoms with Gasteiger partial charge in [0.1, 0.15) is 0 Å². The van der Waals surface area contributed by atoms with Gasteiger partial charge in [0.05, 0.1) is 0 Å². The fourth-order valence-electron chi connectivity index (χ4n) is 0. The maximum absolute atomic E-state index is 6.60. The van der Waals surface area contributed by atoms with Gasteiger partial charge in [-0.2, -0.15) is 0 Å². The zero-order valence-electron chi connectivity index (χ0n) is 3.67. The molecular formula is MoS8. The van der Waals surface area contributed by atoms with Gasteiger partial charge in [0.15, 0.2) is 0 Å². The second-order valence-electron chi connectivity index (χ2n) is 1.91. The molecule has 0 aliphatic carbocycles. The van der Waals surface area contributed by atoms with E-state index >= 15 is 0 Å². The molecule has 0 fully saturated rings. The standard InChI is InChI=1S/Mo.8S. The van der Waals surface area contributed by atoms with E-state index in [0.717, 1.165) is 0 Å². The van der Waals surface area contributed by atoms with Crippen LogP contribution in [0.25, 0.3) is 0 Å². The molecule has 54 valence electrons. The van der Waals surface area contributed by atoms with Crippen molar-refractivity contribution in [1.82, 2.24) is 0 Å². The Hall–Kier alpha value is 2.45. The molecule has 0 bridgehead atoms. The van der Waals surface area contributed by atoms with Gasteiger partial charge in [-0.25, -0.2) is 0 Å². The van der Waals surface area contributed by atoms with E-state index in [4.69, 9.17) is 0 Å². The van der Waals surface area contributed by atoms with Gasteiger partial charge < -0.3 is 0 Å². The molecule has 0 N–H and O–H groups in total. The second-order valence-corrected chi connectivity index (χ2v) is 101. The molecule has 0 nitrogen and oxygen atoms in total. The van der Waals surface area contributed by atoms with E-state index in [9.17, 15) is 0 Å². The molecule has 0 aliphatic heterocycles. The molecule has 0 saturated carbocycles. The Morgan fingerprint density at radius 1 is 0.444 bits per heavy atom. The molecule has 0 atom stereocenters. The number of hydrogen-bond acceptors (Lipinski definition) is 8. The third kappa shape index (κ3) is 124. The molecule has 0 aliphatic rings. The first kappa shape index (κ1) is 11.4. The molecule has 0 aromatic rings. The average Bonchev–Trinajstić information content (AvgIpc) is 0.503. The normalized spacial score (nSPS) is 16.0. The molecule has 0 spiro atoms. The predicted molar refractivity (Wildman–Crippen MR) is 60.7 cm³/mol. The third-order valence-electron chi connectivity index (χ3n) is 0. The van der Waals surface area contributed by atoms with E-state index in [-0.39, 0.29) is 0 Å². The Bertz CT molecular complexity index is 876. The van der Waals surface area contributed by atoms with Crippen LogP contribution in [0.1, 0.15) is 0 Å². The second kappa shape index (κ2) is 1.01. The fourth-order valence-corrected chi connectivity index (χ4v) is 0. The molecule has 0 amide bonds. The average molecular weight is 352 g/mol. The van der Waals surface area contributed by atoms with Crippen molar-refractivity contribution < 1.29 is -3.50 Å². The van der Waals surface area contributed by atoms with Gasteiger partial charge in [0.25, 0.3) is 0 Å². The summed E-state index contributed by atoms with van der Waals surface area (Å²) >= 11 is 0. The van der Waals surface area contributed by atoms with Crippen LogP contribution in [0.4, 0.5) is 0 Å². The molecule has 0 unspecified atom stereocenters. The third-order valence-corrected chi connectivity index (χ3v) is 0. The van der Waals surface area contributed by atoms with Gasteiger partial charge >= 0.3 is 75.1 Å². The van der Waals surface area contributed by atoms with Crippen LogP contribution in [-0.2, 0) is -3.50 Å². The van der Waals surface area contributed by atoms with E-state index in [1.165, 1.54) is 0 Å². The van der Waals surface area contributed by atoms with Crippen molar-refractivity contribution in [3.05, 3.63) is 0 Å². The topological polar surface area (TPSA) is 0 Å². The van der Waals surface area contributed by atoms with Crippen molar-refractivity contribution in [2.75, 3.05) is 0 Å². The zero-order valence-corrected chi connectivity index (χ0v) is 12.2. The summed E-state index contributed by atoms with van der Waals surface area (Å²) in [5.74, 6) is 0. The molecule has 0 aromatic heterocycles. The quantitative estimate of drug-likeness (QED) is 0.540.